The fourth-order valence-electron chi connectivity index (χ4n) is 2.00. The van der Waals surface area contributed by atoms with Crippen molar-refractivity contribution in [2.75, 3.05) is 13.7 Å². The molecule has 0 saturated heterocycles. The van der Waals surface area contributed by atoms with Crippen LogP contribution in [0.3, 0.4) is 0 Å². The monoisotopic (exact) mass is 293 g/mol. The molecule has 0 saturated carbocycles. The quantitative estimate of drug-likeness (QED) is 0.890. The molecule has 5 heteroatoms. The third-order valence-corrected chi connectivity index (χ3v) is 3.02. The molecule has 0 aliphatic rings. The Labute approximate surface area is 122 Å². The van der Waals surface area contributed by atoms with Crippen LogP contribution in [-0.4, -0.2) is 13.7 Å². The summed E-state index contributed by atoms with van der Waals surface area (Å²) in [5, 5.41) is 0. The molecule has 0 fully saturated rings. The average molecular weight is 293 g/mol. The van der Waals surface area contributed by atoms with Crippen molar-refractivity contribution < 1.29 is 18.3 Å². The van der Waals surface area contributed by atoms with Gasteiger partial charge < -0.3 is 15.2 Å². The lowest BCUT2D eigenvalue weighted by Gasteiger charge is -2.10. The maximum Gasteiger partial charge on any atom is 0.171 e. The van der Waals surface area contributed by atoms with Crippen LogP contribution < -0.4 is 15.2 Å². The SMILES string of the molecule is COc1cccc(COc2cc(F)cc(CCN)c2)c1F. The molecular formula is C16H17F2NO2. The number of hydrogen-bond donors (Lipinski definition) is 1. The Balaban J connectivity index is 2.13. The van der Waals surface area contributed by atoms with E-state index in [0.717, 1.165) is 5.56 Å². The topological polar surface area (TPSA) is 44.5 Å². The Bertz CT molecular complexity index is 617. The summed E-state index contributed by atoms with van der Waals surface area (Å²) < 4.78 is 37.8. The lowest BCUT2D eigenvalue weighted by Crippen LogP contribution is -2.04. The van der Waals surface area contributed by atoms with Crippen LogP contribution in [0.5, 0.6) is 11.5 Å². The Morgan fingerprint density at radius 3 is 2.67 bits per heavy atom. The number of benzene rings is 2. The van der Waals surface area contributed by atoms with Crippen LogP contribution in [0.2, 0.25) is 0 Å². The predicted molar refractivity (Wildman–Crippen MR) is 76.4 cm³/mol. The first-order valence-electron chi connectivity index (χ1n) is 6.57. The fourth-order valence-corrected chi connectivity index (χ4v) is 2.00. The minimum atomic E-state index is -0.474. The molecule has 0 atom stereocenters. The Morgan fingerprint density at radius 2 is 1.95 bits per heavy atom. The standard InChI is InChI=1S/C16H17F2NO2/c1-20-15-4-2-3-12(16(15)18)10-21-14-8-11(5-6-19)7-13(17)9-14/h2-4,7-9H,5-6,10,19H2,1H3. The molecule has 0 bridgehead atoms. The first-order chi connectivity index (χ1) is 10.1. The summed E-state index contributed by atoms with van der Waals surface area (Å²) in [5.74, 6) is -0.375. The molecule has 0 heterocycles. The maximum atomic E-state index is 14.0. The van der Waals surface area contributed by atoms with E-state index in [-0.39, 0.29) is 12.4 Å². The summed E-state index contributed by atoms with van der Waals surface area (Å²) >= 11 is 0. The van der Waals surface area contributed by atoms with Crippen LogP contribution in [0.25, 0.3) is 0 Å². The zero-order valence-corrected chi connectivity index (χ0v) is 11.7. The van der Waals surface area contributed by atoms with Gasteiger partial charge in [0.05, 0.1) is 7.11 Å². The number of ether oxygens (including phenoxy) is 2. The molecule has 112 valence electrons. The predicted octanol–water partition coefficient (Wildman–Crippen LogP) is 3.05. The summed E-state index contributed by atoms with van der Waals surface area (Å²) in [7, 11) is 1.40. The Kier molecular flexibility index (Phi) is 5.11. The highest BCUT2D eigenvalue weighted by atomic mass is 19.1. The van der Waals surface area contributed by atoms with Crippen molar-refractivity contribution in [2.45, 2.75) is 13.0 Å². The molecule has 0 radical (unpaired) electrons. The molecule has 0 unspecified atom stereocenters. The fraction of sp³-hybridized carbons (Fsp3) is 0.250. The highest BCUT2D eigenvalue weighted by molar-refractivity contribution is 5.33. The largest absolute Gasteiger partial charge is 0.494 e. The average Bonchev–Trinajstić information content (AvgIpc) is 2.46. The van der Waals surface area contributed by atoms with Crippen molar-refractivity contribution >= 4 is 0 Å². The molecule has 0 amide bonds. The first kappa shape index (κ1) is 15.3. The number of methoxy groups -OCH3 is 1. The molecule has 2 N–H and O–H groups in total. The van der Waals surface area contributed by atoms with Gasteiger partial charge in [0, 0.05) is 11.6 Å². The van der Waals surface area contributed by atoms with E-state index in [4.69, 9.17) is 15.2 Å². The zero-order valence-electron chi connectivity index (χ0n) is 11.7. The summed E-state index contributed by atoms with van der Waals surface area (Å²) in [6.45, 7) is 0.419. The van der Waals surface area contributed by atoms with Crippen molar-refractivity contribution in [2.24, 2.45) is 5.73 Å². The van der Waals surface area contributed by atoms with E-state index in [9.17, 15) is 8.78 Å². The second kappa shape index (κ2) is 7.04. The van der Waals surface area contributed by atoms with E-state index in [1.165, 1.54) is 25.3 Å². The van der Waals surface area contributed by atoms with E-state index < -0.39 is 11.6 Å². The summed E-state index contributed by atoms with van der Waals surface area (Å²) in [4.78, 5) is 0. The van der Waals surface area contributed by atoms with Gasteiger partial charge in [-0.25, -0.2) is 8.78 Å². The molecule has 2 aromatic rings. The molecule has 2 aromatic carbocycles. The van der Waals surface area contributed by atoms with Gasteiger partial charge in [0.25, 0.3) is 0 Å². The number of hydrogen-bond acceptors (Lipinski definition) is 3. The lowest BCUT2D eigenvalue weighted by atomic mass is 10.1. The minimum Gasteiger partial charge on any atom is -0.494 e. The van der Waals surface area contributed by atoms with Crippen LogP contribution in [0, 0.1) is 11.6 Å². The highest BCUT2D eigenvalue weighted by Crippen LogP contribution is 2.23. The van der Waals surface area contributed by atoms with E-state index in [0.29, 0.717) is 24.3 Å². The molecule has 2 rings (SSSR count). The second-order valence-electron chi connectivity index (χ2n) is 4.56. The van der Waals surface area contributed by atoms with Crippen LogP contribution in [0.15, 0.2) is 36.4 Å². The molecule has 0 spiro atoms. The van der Waals surface area contributed by atoms with Crippen LogP contribution in [-0.2, 0) is 13.0 Å². The second-order valence-corrected chi connectivity index (χ2v) is 4.56. The van der Waals surface area contributed by atoms with Gasteiger partial charge in [-0.05, 0) is 36.7 Å². The third kappa shape index (κ3) is 3.92. The van der Waals surface area contributed by atoms with Gasteiger partial charge in [-0.3, -0.25) is 0 Å². The molecule has 0 aromatic heterocycles. The Morgan fingerprint density at radius 1 is 1.14 bits per heavy atom. The highest BCUT2D eigenvalue weighted by Gasteiger charge is 2.09. The lowest BCUT2D eigenvalue weighted by molar-refractivity contribution is 0.294. The smallest absolute Gasteiger partial charge is 0.171 e. The molecule has 0 aliphatic heterocycles. The third-order valence-electron chi connectivity index (χ3n) is 3.02. The van der Waals surface area contributed by atoms with Gasteiger partial charge in [-0.1, -0.05) is 12.1 Å². The van der Waals surface area contributed by atoms with E-state index in [1.807, 2.05) is 0 Å². The van der Waals surface area contributed by atoms with E-state index >= 15 is 0 Å². The number of halogens is 2. The van der Waals surface area contributed by atoms with Gasteiger partial charge in [0.1, 0.15) is 18.2 Å². The Hall–Kier alpha value is -2.14. The van der Waals surface area contributed by atoms with Crippen molar-refractivity contribution in [3.05, 3.63) is 59.2 Å². The van der Waals surface area contributed by atoms with Gasteiger partial charge in [-0.2, -0.15) is 0 Å². The summed E-state index contributed by atoms with van der Waals surface area (Å²) in [6.07, 6.45) is 0.557. The maximum absolute atomic E-state index is 14.0. The zero-order chi connectivity index (χ0) is 15.2. The van der Waals surface area contributed by atoms with Crippen LogP contribution >= 0.6 is 0 Å². The van der Waals surface area contributed by atoms with Crippen molar-refractivity contribution in [3.8, 4) is 11.5 Å². The molecular weight excluding hydrogens is 276 g/mol. The van der Waals surface area contributed by atoms with Gasteiger partial charge in [0.2, 0.25) is 0 Å². The van der Waals surface area contributed by atoms with Gasteiger partial charge >= 0.3 is 0 Å². The molecule has 0 aliphatic carbocycles. The molecule has 3 nitrogen and oxygen atoms in total. The van der Waals surface area contributed by atoms with E-state index in [1.54, 1.807) is 18.2 Å². The van der Waals surface area contributed by atoms with Gasteiger partial charge in [-0.15, -0.1) is 0 Å². The van der Waals surface area contributed by atoms with Crippen molar-refractivity contribution in [3.63, 3.8) is 0 Å². The molecule has 21 heavy (non-hydrogen) atoms. The normalized spacial score (nSPS) is 10.5. The van der Waals surface area contributed by atoms with E-state index in [2.05, 4.69) is 0 Å². The van der Waals surface area contributed by atoms with Crippen molar-refractivity contribution in [1.82, 2.24) is 0 Å². The van der Waals surface area contributed by atoms with Gasteiger partial charge in [0.15, 0.2) is 11.6 Å². The first-order valence-corrected chi connectivity index (χ1v) is 6.57. The summed E-state index contributed by atoms with van der Waals surface area (Å²) in [5.41, 5.74) is 6.55. The van der Waals surface area contributed by atoms with Crippen LogP contribution in [0.4, 0.5) is 8.78 Å². The number of rotatable bonds is 6. The summed E-state index contributed by atoms with van der Waals surface area (Å²) in [6, 6.07) is 9.17. The van der Waals surface area contributed by atoms with Crippen LogP contribution in [0.1, 0.15) is 11.1 Å². The minimum absolute atomic E-state index is 0.00541. The van der Waals surface area contributed by atoms with Crippen molar-refractivity contribution in [1.29, 1.82) is 0 Å². The number of nitrogens with two attached hydrogens (primary N) is 1.